The molecule has 0 bridgehead atoms. The predicted octanol–water partition coefficient (Wildman–Crippen LogP) is 1.83. The van der Waals surface area contributed by atoms with Crippen molar-refractivity contribution in [3.8, 4) is 6.07 Å². The highest BCUT2D eigenvalue weighted by atomic mass is 16.2. The van der Waals surface area contributed by atoms with Gasteiger partial charge in [0, 0.05) is 10.8 Å². The first-order valence-electron chi connectivity index (χ1n) is 4.92. The summed E-state index contributed by atoms with van der Waals surface area (Å²) in [7, 11) is 0. The lowest BCUT2D eigenvalue weighted by atomic mass is 10.0. The average Bonchev–Trinajstić information content (AvgIpc) is 2.40. The standard InChI is InChI=1S/C13H8N2O2/c14-7-10-5-6-13(15(8-16)9-17)12-4-2-1-3-11(10)12/h1-6,8-9H. The molecule has 2 amide bonds. The van der Waals surface area contributed by atoms with E-state index in [2.05, 4.69) is 6.07 Å². The molecule has 0 spiro atoms. The van der Waals surface area contributed by atoms with E-state index in [4.69, 9.17) is 5.26 Å². The van der Waals surface area contributed by atoms with Crippen molar-refractivity contribution in [2.45, 2.75) is 0 Å². The van der Waals surface area contributed by atoms with Crippen LogP contribution in [-0.4, -0.2) is 12.8 Å². The number of amides is 2. The van der Waals surface area contributed by atoms with Gasteiger partial charge in [0.05, 0.1) is 17.3 Å². The molecule has 0 aliphatic heterocycles. The van der Waals surface area contributed by atoms with Gasteiger partial charge >= 0.3 is 0 Å². The van der Waals surface area contributed by atoms with Crippen molar-refractivity contribution in [3.63, 3.8) is 0 Å². The van der Waals surface area contributed by atoms with Crippen molar-refractivity contribution in [2.75, 3.05) is 4.90 Å². The topological polar surface area (TPSA) is 61.2 Å². The summed E-state index contributed by atoms with van der Waals surface area (Å²) in [5, 5.41) is 10.4. The van der Waals surface area contributed by atoms with Gasteiger partial charge in [-0.3, -0.25) is 14.5 Å². The molecule has 0 fully saturated rings. The molecule has 2 aromatic carbocycles. The summed E-state index contributed by atoms with van der Waals surface area (Å²) in [5.74, 6) is 0. The second-order valence-electron chi connectivity index (χ2n) is 3.41. The summed E-state index contributed by atoms with van der Waals surface area (Å²) < 4.78 is 0. The number of hydrogen-bond acceptors (Lipinski definition) is 3. The van der Waals surface area contributed by atoms with E-state index >= 15 is 0 Å². The highest BCUT2D eigenvalue weighted by molar-refractivity contribution is 6.07. The van der Waals surface area contributed by atoms with Gasteiger partial charge in [0.15, 0.2) is 0 Å². The number of carbonyl (C=O) groups is 2. The van der Waals surface area contributed by atoms with E-state index in [0.29, 0.717) is 29.5 Å². The number of carbonyl (C=O) groups excluding carboxylic acids is 2. The van der Waals surface area contributed by atoms with Gasteiger partial charge < -0.3 is 0 Å². The lowest BCUT2D eigenvalue weighted by Gasteiger charge is -2.12. The fraction of sp³-hybridized carbons (Fsp3) is 0. The molecule has 0 aromatic heterocycles. The predicted molar refractivity (Wildman–Crippen MR) is 63.3 cm³/mol. The molecule has 0 saturated heterocycles. The van der Waals surface area contributed by atoms with Crippen molar-refractivity contribution < 1.29 is 9.59 Å². The minimum Gasteiger partial charge on any atom is -0.278 e. The third kappa shape index (κ3) is 1.74. The van der Waals surface area contributed by atoms with E-state index in [9.17, 15) is 9.59 Å². The van der Waals surface area contributed by atoms with Gasteiger partial charge in [0.25, 0.3) is 0 Å². The number of fused-ring (bicyclic) bond motifs is 1. The molecular weight excluding hydrogens is 216 g/mol. The van der Waals surface area contributed by atoms with E-state index < -0.39 is 0 Å². The zero-order chi connectivity index (χ0) is 12.3. The Balaban J connectivity index is 2.80. The minimum absolute atomic E-state index is 0.445. The molecule has 0 aliphatic carbocycles. The van der Waals surface area contributed by atoms with Crippen LogP contribution in [0.15, 0.2) is 36.4 Å². The van der Waals surface area contributed by atoms with Crippen molar-refractivity contribution in [1.82, 2.24) is 0 Å². The number of benzene rings is 2. The Kier molecular flexibility index (Phi) is 2.84. The Hall–Kier alpha value is -2.67. The van der Waals surface area contributed by atoms with Crippen LogP contribution in [0, 0.1) is 11.3 Å². The molecule has 0 saturated carbocycles. The van der Waals surface area contributed by atoms with Crippen molar-refractivity contribution >= 4 is 29.3 Å². The van der Waals surface area contributed by atoms with E-state index in [1.807, 2.05) is 0 Å². The third-order valence-electron chi connectivity index (χ3n) is 2.53. The number of rotatable bonds is 3. The molecule has 0 heterocycles. The van der Waals surface area contributed by atoms with Crippen LogP contribution in [0.25, 0.3) is 10.8 Å². The molecule has 0 aliphatic rings. The largest absolute Gasteiger partial charge is 0.278 e. The Morgan fingerprint density at radius 1 is 1.00 bits per heavy atom. The normalized spacial score (nSPS) is 9.59. The summed E-state index contributed by atoms with van der Waals surface area (Å²) in [4.78, 5) is 22.5. The van der Waals surface area contributed by atoms with Gasteiger partial charge in [-0.05, 0) is 12.1 Å². The Morgan fingerprint density at radius 2 is 1.65 bits per heavy atom. The van der Waals surface area contributed by atoms with Gasteiger partial charge in [-0.1, -0.05) is 24.3 Å². The molecule has 4 nitrogen and oxygen atoms in total. The lowest BCUT2D eigenvalue weighted by Crippen LogP contribution is -2.18. The summed E-state index contributed by atoms with van der Waals surface area (Å²) in [6, 6.07) is 12.4. The van der Waals surface area contributed by atoms with E-state index in [-0.39, 0.29) is 0 Å². The van der Waals surface area contributed by atoms with Crippen LogP contribution in [0.3, 0.4) is 0 Å². The lowest BCUT2D eigenvalue weighted by molar-refractivity contribution is -0.113. The number of nitriles is 1. The summed E-state index contributed by atoms with van der Waals surface area (Å²) in [6.07, 6.45) is 0.891. The van der Waals surface area contributed by atoms with Gasteiger partial charge in [-0.25, -0.2) is 0 Å². The van der Waals surface area contributed by atoms with Crippen molar-refractivity contribution in [3.05, 3.63) is 42.0 Å². The fourth-order valence-electron chi connectivity index (χ4n) is 1.74. The van der Waals surface area contributed by atoms with Crippen molar-refractivity contribution in [2.24, 2.45) is 0 Å². The molecular formula is C13H8N2O2. The van der Waals surface area contributed by atoms with Crippen LogP contribution in [0.4, 0.5) is 5.69 Å². The number of nitrogens with zero attached hydrogens (tertiary/aromatic N) is 2. The minimum atomic E-state index is 0.445. The van der Waals surface area contributed by atoms with Crippen LogP contribution in [0.5, 0.6) is 0 Å². The van der Waals surface area contributed by atoms with E-state index in [1.165, 1.54) is 0 Å². The third-order valence-corrected chi connectivity index (χ3v) is 2.53. The maximum atomic E-state index is 10.8. The van der Waals surface area contributed by atoms with Gasteiger partial charge in [0.2, 0.25) is 12.8 Å². The second kappa shape index (κ2) is 4.45. The highest BCUT2D eigenvalue weighted by Gasteiger charge is 2.10. The van der Waals surface area contributed by atoms with E-state index in [1.54, 1.807) is 36.4 Å². The van der Waals surface area contributed by atoms with Crippen molar-refractivity contribution in [1.29, 1.82) is 5.26 Å². The highest BCUT2D eigenvalue weighted by Crippen LogP contribution is 2.28. The molecule has 0 radical (unpaired) electrons. The Bertz CT molecular complexity index is 621. The quantitative estimate of drug-likeness (QED) is 0.747. The monoisotopic (exact) mass is 224 g/mol. The number of anilines is 1. The zero-order valence-electron chi connectivity index (χ0n) is 8.83. The Morgan fingerprint density at radius 3 is 2.24 bits per heavy atom. The maximum absolute atomic E-state index is 10.8. The molecule has 17 heavy (non-hydrogen) atoms. The van der Waals surface area contributed by atoms with Crippen LogP contribution < -0.4 is 4.90 Å². The number of imide groups is 1. The molecule has 0 unspecified atom stereocenters. The first kappa shape index (κ1) is 10.8. The molecule has 2 aromatic rings. The number of hydrogen-bond donors (Lipinski definition) is 0. The maximum Gasteiger partial charge on any atom is 0.220 e. The molecule has 82 valence electrons. The SMILES string of the molecule is N#Cc1ccc(N(C=O)C=O)c2ccccc12. The van der Waals surface area contributed by atoms with Gasteiger partial charge in [-0.2, -0.15) is 5.26 Å². The van der Waals surface area contributed by atoms with Crippen LogP contribution >= 0.6 is 0 Å². The molecule has 0 N–H and O–H groups in total. The molecule has 0 atom stereocenters. The molecule has 4 heteroatoms. The van der Waals surface area contributed by atoms with Gasteiger partial charge in [-0.15, -0.1) is 0 Å². The average molecular weight is 224 g/mol. The van der Waals surface area contributed by atoms with Gasteiger partial charge in [0.1, 0.15) is 0 Å². The van der Waals surface area contributed by atoms with Crippen LogP contribution in [-0.2, 0) is 9.59 Å². The van der Waals surface area contributed by atoms with Crippen LogP contribution in [0.2, 0.25) is 0 Å². The zero-order valence-corrected chi connectivity index (χ0v) is 8.83. The Labute approximate surface area is 97.7 Å². The molecule has 2 rings (SSSR count). The smallest absolute Gasteiger partial charge is 0.220 e. The second-order valence-corrected chi connectivity index (χ2v) is 3.41. The van der Waals surface area contributed by atoms with E-state index in [0.717, 1.165) is 10.3 Å². The fourth-order valence-corrected chi connectivity index (χ4v) is 1.74. The first-order chi connectivity index (χ1) is 8.31. The summed E-state index contributed by atoms with van der Waals surface area (Å²) >= 11 is 0. The summed E-state index contributed by atoms with van der Waals surface area (Å²) in [6.45, 7) is 0. The van der Waals surface area contributed by atoms with Crippen LogP contribution in [0.1, 0.15) is 5.56 Å². The first-order valence-corrected chi connectivity index (χ1v) is 4.92. The summed E-state index contributed by atoms with van der Waals surface area (Å²) in [5.41, 5.74) is 0.991.